The van der Waals surface area contributed by atoms with Crippen molar-refractivity contribution in [2.45, 2.75) is 19.4 Å². The summed E-state index contributed by atoms with van der Waals surface area (Å²) >= 11 is 0. The quantitative estimate of drug-likeness (QED) is 0.598. The van der Waals surface area contributed by atoms with E-state index in [1.54, 1.807) is 12.5 Å². The summed E-state index contributed by atoms with van der Waals surface area (Å²) in [6, 6.07) is 9.59. The standard InChI is InChI=1S/C17H23N5O2/c23-16(19-9-7-15-5-2-1-3-6-15)13-21-17(24)20-8-4-11-22-12-10-18-14-22/h1-3,5-6,10,12,14H,4,7-9,11,13H2,(H,19,23)(H2,20,21,24). The summed E-state index contributed by atoms with van der Waals surface area (Å²) in [6.07, 6.45) is 6.90. The van der Waals surface area contributed by atoms with Gasteiger partial charge in [-0.2, -0.15) is 0 Å². The second-order valence-electron chi connectivity index (χ2n) is 5.35. The van der Waals surface area contributed by atoms with E-state index in [2.05, 4.69) is 20.9 Å². The molecule has 1 aromatic heterocycles. The number of nitrogens with one attached hydrogen (secondary N) is 3. The normalized spacial score (nSPS) is 10.2. The maximum atomic E-state index is 11.7. The van der Waals surface area contributed by atoms with E-state index in [1.165, 1.54) is 5.56 Å². The van der Waals surface area contributed by atoms with Gasteiger partial charge >= 0.3 is 6.03 Å². The van der Waals surface area contributed by atoms with Gasteiger partial charge in [0.1, 0.15) is 0 Å². The summed E-state index contributed by atoms with van der Waals surface area (Å²) < 4.78 is 1.94. The molecule has 1 aromatic carbocycles. The smallest absolute Gasteiger partial charge is 0.315 e. The molecule has 2 aromatic rings. The first-order valence-corrected chi connectivity index (χ1v) is 8.02. The fourth-order valence-electron chi connectivity index (χ4n) is 2.16. The van der Waals surface area contributed by atoms with Crippen LogP contribution in [0.15, 0.2) is 49.1 Å². The Labute approximate surface area is 141 Å². The van der Waals surface area contributed by atoms with Crippen molar-refractivity contribution >= 4 is 11.9 Å². The van der Waals surface area contributed by atoms with Crippen LogP contribution in [0.3, 0.4) is 0 Å². The van der Waals surface area contributed by atoms with Crippen molar-refractivity contribution in [3.8, 4) is 0 Å². The number of urea groups is 1. The summed E-state index contributed by atoms with van der Waals surface area (Å²) in [5.74, 6) is -0.195. The van der Waals surface area contributed by atoms with Crippen molar-refractivity contribution < 1.29 is 9.59 Å². The Balaban J connectivity index is 1.49. The minimum absolute atomic E-state index is 0.0257. The number of aromatic nitrogens is 2. The minimum atomic E-state index is -0.334. The first-order chi connectivity index (χ1) is 11.7. The SMILES string of the molecule is O=C(CNC(=O)NCCCn1ccnc1)NCCc1ccccc1. The molecule has 0 aliphatic rings. The molecule has 7 heteroatoms. The van der Waals surface area contributed by atoms with Crippen molar-refractivity contribution in [2.75, 3.05) is 19.6 Å². The van der Waals surface area contributed by atoms with Gasteiger partial charge in [-0.25, -0.2) is 9.78 Å². The predicted octanol–water partition coefficient (Wildman–Crippen LogP) is 0.931. The number of hydrogen-bond acceptors (Lipinski definition) is 3. The number of nitrogens with zero attached hydrogens (tertiary/aromatic N) is 2. The molecule has 3 amide bonds. The number of imidazole rings is 1. The van der Waals surface area contributed by atoms with Gasteiger partial charge < -0.3 is 20.5 Å². The van der Waals surface area contributed by atoms with Crippen LogP contribution in [0.2, 0.25) is 0 Å². The van der Waals surface area contributed by atoms with E-state index in [-0.39, 0.29) is 18.5 Å². The van der Waals surface area contributed by atoms with Crippen LogP contribution in [0.25, 0.3) is 0 Å². The topological polar surface area (TPSA) is 88.1 Å². The maximum absolute atomic E-state index is 11.7. The van der Waals surface area contributed by atoms with Gasteiger partial charge in [-0.3, -0.25) is 4.79 Å². The molecule has 0 atom stereocenters. The molecule has 7 nitrogen and oxygen atoms in total. The molecule has 0 radical (unpaired) electrons. The summed E-state index contributed by atoms with van der Waals surface area (Å²) in [4.78, 5) is 27.2. The van der Waals surface area contributed by atoms with Gasteiger partial charge in [-0.05, 0) is 18.4 Å². The largest absolute Gasteiger partial charge is 0.354 e. The number of aryl methyl sites for hydroxylation is 1. The number of hydrogen-bond donors (Lipinski definition) is 3. The van der Waals surface area contributed by atoms with Gasteiger partial charge in [0.05, 0.1) is 12.9 Å². The number of amides is 3. The Morgan fingerprint density at radius 3 is 2.62 bits per heavy atom. The van der Waals surface area contributed by atoms with Crippen LogP contribution < -0.4 is 16.0 Å². The van der Waals surface area contributed by atoms with Gasteiger partial charge in [0.2, 0.25) is 5.91 Å². The Kier molecular flexibility index (Phi) is 7.33. The fourth-order valence-corrected chi connectivity index (χ4v) is 2.16. The zero-order valence-electron chi connectivity index (χ0n) is 13.6. The van der Waals surface area contributed by atoms with Crippen molar-refractivity contribution in [1.82, 2.24) is 25.5 Å². The highest BCUT2D eigenvalue weighted by atomic mass is 16.2. The first-order valence-electron chi connectivity index (χ1n) is 8.02. The zero-order chi connectivity index (χ0) is 17.0. The van der Waals surface area contributed by atoms with Crippen molar-refractivity contribution in [2.24, 2.45) is 0 Å². The molecule has 0 bridgehead atoms. The Hall–Kier alpha value is -2.83. The molecule has 0 aliphatic heterocycles. The molecule has 0 aliphatic carbocycles. The van der Waals surface area contributed by atoms with Crippen LogP contribution in [0.4, 0.5) is 4.79 Å². The molecular formula is C17H23N5O2. The number of benzene rings is 1. The van der Waals surface area contributed by atoms with E-state index in [1.807, 2.05) is 41.1 Å². The van der Waals surface area contributed by atoms with Gasteiger partial charge in [0.15, 0.2) is 0 Å². The van der Waals surface area contributed by atoms with Gasteiger partial charge in [-0.1, -0.05) is 30.3 Å². The molecule has 0 spiro atoms. The third kappa shape index (κ3) is 6.95. The van der Waals surface area contributed by atoms with E-state index >= 15 is 0 Å². The van der Waals surface area contributed by atoms with Crippen molar-refractivity contribution in [3.05, 3.63) is 54.6 Å². The minimum Gasteiger partial charge on any atom is -0.354 e. The predicted molar refractivity (Wildman–Crippen MR) is 91.4 cm³/mol. The summed E-state index contributed by atoms with van der Waals surface area (Å²) in [7, 11) is 0. The lowest BCUT2D eigenvalue weighted by Crippen LogP contribution is -2.42. The van der Waals surface area contributed by atoms with Crippen LogP contribution in [0.1, 0.15) is 12.0 Å². The number of rotatable bonds is 9. The van der Waals surface area contributed by atoms with Crippen LogP contribution in [0, 0.1) is 0 Å². The maximum Gasteiger partial charge on any atom is 0.315 e. The highest BCUT2D eigenvalue weighted by Gasteiger charge is 2.04. The molecule has 0 fully saturated rings. The van der Waals surface area contributed by atoms with Crippen LogP contribution in [0.5, 0.6) is 0 Å². The van der Waals surface area contributed by atoms with E-state index in [0.29, 0.717) is 13.1 Å². The summed E-state index contributed by atoms with van der Waals surface area (Å²) in [6.45, 7) is 1.86. The monoisotopic (exact) mass is 329 g/mol. The lowest BCUT2D eigenvalue weighted by molar-refractivity contribution is -0.120. The van der Waals surface area contributed by atoms with E-state index in [0.717, 1.165) is 19.4 Å². The molecule has 2 rings (SSSR count). The average molecular weight is 329 g/mol. The fraction of sp³-hybridized carbons (Fsp3) is 0.353. The average Bonchev–Trinajstić information content (AvgIpc) is 3.11. The molecule has 24 heavy (non-hydrogen) atoms. The lowest BCUT2D eigenvalue weighted by Gasteiger charge is -2.08. The van der Waals surface area contributed by atoms with Gasteiger partial charge in [0.25, 0.3) is 0 Å². The Morgan fingerprint density at radius 2 is 1.88 bits per heavy atom. The van der Waals surface area contributed by atoms with Crippen LogP contribution in [-0.2, 0) is 17.8 Å². The Morgan fingerprint density at radius 1 is 1.04 bits per heavy atom. The highest BCUT2D eigenvalue weighted by molar-refractivity contribution is 5.83. The lowest BCUT2D eigenvalue weighted by atomic mass is 10.1. The zero-order valence-corrected chi connectivity index (χ0v) is 13.6. The van der Waals surface area contributed by atoms with Gasteiger partial charge in [-0.15, -0.1) is 0 Å². The van der Waals surface area contributed by atoms with E-state index in [4.69, 9.17) is 0 Å². The van der Waals surface area contributed by atoms with Gasteiger partial charge in [0, 0.05) is 32.0 Å². The second kappa shape index (κ2) is 10.0. The van der Waals surface area contributed by atoms with Crippen LogP contribution in [-0.4, -0.2) is 41.1 Å². The number of carbonyl (C=O) groups is 2. The molecule has 3 N–H and O–H groups in total. The highest BCUT2D eigenvalue weighted by Crippen LogP contribution is 1.97. The molecule has 0 saturated carbocycles. The van der Waals surface area contributed by atoms with E-state index in [9.17, 15) is 9.59 Å². The summed E-state index contributed by atoms with van der Waals surface area (Å²) in [5.41, 5.74) is 1.17. The first kappa shape index (κ1) is 17.5. The Bertz CT molecular complexity index is 613. The third-order valence-corrected chi connectivity index (χ3v) is 3.43. The molecular weight excluding hydrogens is 306 g/mol. The van der Waals surface area contributed by atoms with E-state index < -0.39 is 0 Å². The molecule has 1 heterocycles. The van der Waals surface area contributed by atoms with Crippen molar-refractivity contribution in [1.29, 1.82) is 0 Å². The molecule has 128 valence electrons. The number of carbonyl (C=O) groups excluding carboxylic acids is 2. The van der Waals surface area contributed by atoms with Crippen molar-refractivity contribution in [3.63, 3.8) is 0 Å². The van der Waals surface area contributed by atoms with Crippen LogP contribution >= 0.6 is 0 Å². The molecule has 0 unspecified atom stereocenters. The second-order valence-corrected chi connectivity index (χ2v) is 5.35. The third-order valence-electron chi connectivity index (χ3n) is 3.43. The summed E-state index contributed by atoms with van der Waals surface area (Å²) in [5, 5.41) is 8.04. The molecule has 0 saturated heterocycles.